The van der Waals surface area contributed by atoms with Crippen LogP contribution in [0.3, 0.4) is 0 Å². The number of hydrogen-bond donors (Lipinski definition) is 3. The van der Waals surface area contributed by atoms with E-state index in [-0.39, 0.29) is 5.75 Å². The summed E-state index contributed by atoms with van der Waals surface area (Å²) < 4.78 is 0. The number of benzene rings is 1. The molecule has 12 heavy (non-hydrogen) atoms. The molecule has 3 heteroatoms. The predicted molar refractivity (Wildman–Crippen MR) is 49.7 cm³/mol. The lowest BCUT2D eigenvalue weighted by Gasteiger charge is -2.19. The Balaban J connectivity index is 3.14. The first kappa shape index (κ1) is 8.87. The normalized spacial score (nSPS) is 11.6. The zero-order valence-electron chi connectivity index (χ0n) is 7.33. The predicted octanol–water partition coefficient (Wildman–Crippen LogP) is 1.17. The Labute approximate surface area is 72.0 Å². The van der Waals surface area contributed by atoms with Crippen LogP contribution in [-0.4, -0.2) is 5.11 Å². The largest absolute Gasteiger partial charge is 0.506 e. The van der Waals surface area contributed by atoms with Gasteiger partial charge in [-0.15, -0.1) is 0 Å². The van der Waals surface area contributed by atoms with Crippen LogP contribution < -0.4 is 11.5 Å². The van der Waals surface area contributed by atoms with Gasteiger partial charge < -0.3 is 16.6 Å². The van der Waals surface area contributed by atoms with E-state index in [0.29, 0.717) is 5.69 Å². The first-order valence-electron chi connectivity index (χ1n) is 3.79. The Bertz CT molecular complexity index is 289. The average molecular weight is 166 g/mol. The maximum absolute atomic E-state index is 9.14. The van der Waals surface area contributed by atoms with Crippen molar-refractivity contribution in [2.45, 2.75) is 19.4 Å². The molecule has 0 unspecified atom stereocenters. The summed E-state index contributed by atoms with van der Waals surface area (Å²) in [6, 6.07) is 5.01. The monoisotopic (exact) mass is 166 g/mol. The van der Waals surface area contributed by atoms with Crippen LogP contribution in [0.25, 0.3) is 0 Å². The van der Waals surface area contributed by atoms with Gasteiger partial charge in [-0.3, -0.25) is 0 Å². The fraction of sp³-hybridized carbons (Fsp3) is 0.333. The third-order valence-corrected chi connectivity index (χ3v) is 1.77. The van der Waals surface area contributed by atoms with Crippen LogP contribution in [0.4, 0.5) is 5.69 Å². The van der Waals surface area contributed by atoms with Gasteiger partial charge in [-0.1, -0.05) is 6.07 Å². The van der Waals surface area contributed by atoms with Crippen molar-refractivity contribution in [2.75, 3.05) is 5.73 Å². The van der Waals surface area contributed by atoms with E-state index in [1.165, 1.54) is 0 Å². The van der Waals surface area contributed by atoms with Crippen LogP contribution in [-0.2, 0) is 5.54 Å². The van der Waals surface area contributed by atoms with E-state index in [2.05, 4.69) is 0 Å². The molecule has 0 aliphatic carbocycles. The van der Waals surface area contributed by atoms with Crippen LogP contribution in [0.5, 0.6) is 5.75 Å². The molecule has 0 aliphatic heterocycles. The molecule has 0 bridgehead atoms. The summed E-state index contributed by atoms with van der Waals surface area (Å²) >= 11 is 0. The summed E-state index contributed by atoms with van der Waals surface area (Å²) in [4.78, 5) is 0. The standard InChI is InChI=1S/C9H14N2O/c1-9(2,11)6-3-4-8(12)7(10)5-6/h3-5,12H,10-11H2,1-2H3. The summed E-state index contributed by atoms with van der Waals surface area (Å²) in [6.45, 7) is 3.78. The van der Waals surface area contributed by atoms with Crippen LogP contribution in [0.15, 0.2) is 18.2 Å². The first-order chi connectivity index (χ1) is 5.41. The van der Waals surface area contributed by atoms with Crippen molar-refractivity contribution >= 4 is 5.69 Å². The molecule has 1 aromatic rings. The van der Waals surface area contributed by atoms with E-state index in [9.17, 15) is 0 Å². The average Bonchev–Trinajstić information content (AvgIpc) is 1.92. The molecular weight excluding hydrogens is 152 g/mol. The van der Waals surface area contributed by atoms with Crippen molar-refractivity contribution < 1.29 is 5.11 Å². The summed E-state index contributed by atoms with van der Waals surface area (Å²) in [5.74, 6) is 0.100. The summed E-state index contributed by atoms with van der Waals surface area (Å²) in [6.07, 6.45) is 0. The van der Waals surface area contributed by atoms with Gasteiger partial charge in [0.1, 0.15) is 5.75 Å². The number of phenols is 1. The van der Waals surface area contributed by atoms with Crippen LogP contribution >= 0.6 is 0 Å². The van der Waals surface area contributed by atoms with Crippen molar-refractivity contribution in [3.05, 3.63) is 23.8 Å². The van der Waals surface area contributed by atoms with Gasteiger partial charge in [0, 0.05) is 5.54 Å². The van der Waals surface area contributed by atoms with Gasteiger partial charge in [-0.2, -0.15) is 0 Å². The van der Waals surface area contributed by atoms with E-state index in [0.717, 1.165) is 5.56 Å². The number of nitrogens with two attached hydrogens (primary N) is 2. The summed E-state index contributed by atoms with van der Waals surface area (Å²) in [5.41, 5.74) is 12.2. The molecule has 0 heterocycles. The Morgan fingerprint density at radius 3 is 2.33 bits per heavy atom. The fourth-order valence-electron chi connectivity index (χ4n) is 0.955. The molecular formula is C9H14N2O. The summed E-state index contributed by atoms with van der Waals surface area (Å²) in [5, 5.41) is 9.14. The maximum atomic E-state index is 9.14. The lowest BCUT2D eigenvalue weighted by Crippen LogP contribution is -2.28. The van der Waals surface area contributed by atoms with E-state index in [1.807, 2.05) is 13.8 Å². The van der Waals surface area contributed by atoms with Gasteiger partial charge >= 0.3 is 0 Å². The summed E-state index contributed by atoms with van der Waals surface area (Å²) in [7, 11) is 0. The lowest BCUT2D eigenvalue weighted by molar-refractivity contribution is 0.476. The molecule has 0 radical (unpaired) electrons. The molecule has 66 valence electrons. The van der Waals surface area contributed by atoms with E-state index >= 15 is 0 Å². The Morgan fingerprint density at radius 2 is 1.92 bits per heavy atom. The Hall–Kier alpha value is -1.22. The molecule has 0 aromatic heterocycles. The Morgan fingerprint density at radius 1 is 1.33 bits per heavy atom. The highest BCUT2D eigenvalue weighted by atomic mass is 16.3. The van der Waals surface area contributed by atoms with E-state index in [1.54, 1.807) is 18.2 Å². The number of nitrogen functional groups attached to an aromatic ring is 1. The van der Waals surface area contributed by atoms with Crippen molar-refractivity contribution in [1.82, 2.24) is 0 Å². The number of anilines is 1. The molecule has 0 fully saturated rings. The molecule has 0 amide bonds. The van der Waals surface area contributed by atoms with E-state index in [4.69, 9.17) is 16.6 Å². The second kappa shape index (κ2) is 2.68. The molecule has 3 nitrogen and oxygen atoms in total. The van der Waals surface area contributed by atoms with Gasteiger partial charge in [0.2, 0.25) is 0 Å². The third kappa shape index (κ3) is 1.68. The number of phenolic OH excluding ortho intramolecular Hbond substituents is 1. The smallest absolute Gasteiger partial charge is 0.138 e. The number of rotatable bonds is 1. The molecule has 1 aromatic carbocycles. The third-order valence-electron chi connectivity index (χ3n) is 1.77. The fourth-order valence-corrected chi connectivity index (χ4v) is 0.955. The highest BCUT2D eigenvalue weighted by molar-refractivity contribution is 5.54. The highest BCUT2D eigenvalue weighted by Crippen LogP contribution is 2.25. The molecule has 0 atom stereocenters. The van der Waals surface area contributed by atoms with E-state index < -0.39 is 5.54 Å². The van der Waals surface area contributed by atoms with Gasteiger partial charge in [0.25, 0.3) is 0 Å². The zero-order valence-corrected chi connectivity index (χ0v) is 7.33. The number of hydrogen-bond acceptors (Lipinski definition) is 3. The van der Waals surface area contributed by atoms with Gasteiger partial charge in [-0.05, 0) is 31.5 Å². The minimum absolute atomic E-state index is 0.100. The van der Waals surface area contributed by atoms with Gasteiger partial charge in [-0.25, -0.2) is 0 Å². The SMILES string of the molecule is CC(C)(N)c1ccc(O)c(N)c1. The Kier molecular flexibility index (Phi) is 1.98. The molecule has 1 rings (SSSR count). The topological polar surface area (TPSA) is 72.3 Å². The molecule has 0 aliphatic rings. The minimum Gasteiger partial charge on any atom is -0.506 e. The molecule has 5 N–H and O–H groups in total. The lowest BCUT2D eigenvalue weighted by atomic mass is 9.95. The highest BCUT2D eigenvalue weighted by Gasteiger charge is 2.14. The van der Waals surface area contributed by atoms with Crippen LogP contribution in [0, 0.1) is 0 Å². The van der Waals surface area contributed by atoms with Crippen molar-refractivity contribution in [2.24, 2.45) is 5.73 Å². The molecule has 0 saturated carbocycles. The van der Waals surface area contributed by atoms with Crippen molar-refractivity contribution in [3.8, 4) is 5.75 Å². The second-order valence-corrected chi connectivity index (χ2v) is 3.50. The maximum Gasteiger partial charge on any atom is 0.138 e. The molecule has 0 spiro atoms. The van der Waals surface area contributed by atoms with Crippen LogP contribution in [0.1, 0.15) is 19.4 Å². The van der Waals surface area contributed by atoms with Gasteiger partial charge in [0.15, 0.2) is 0 Å². The molecule has 0 saturated heterocycles. The number of aromatic hydroxyl groups is 1. The minimum atomic E-state index is -0.415. The quantitative estimate of drug-likeness (QED) is 0.433. The first-order valence-corrected chi connectivity index (χ1v) is 3.79. The second-order valence-electron chi connectivity index (χ2n) is 3.50. The zero-order chi connectivity index (χ0) is 9.35. The van der Waals surface area contributed by atoms with Crippen molar-refractivity contribution in [1.29, 1.82) is 0 Å². The van der Waals surface area contributed by atoms with Crippen molar-refractivity contribution in [3.63, 3.8) is 0 Å². The van der Waals surface area contributed by atoms with Gasteiger partial charge in [0.05, 0.1) is 5.69 Å². The van der Waals surface area contributed by atoms with Crippen LogP contribution in [0.2, 0.25) is 0 Å².